The first-order chi connectivity index (χ1) is 10.1. The number of carboxylic acids is 1. The molecule has 0 radical (unpaired) electrons. The Morgan fingerprint density at radius 3 is 2.76 bits per heavy atom. The summed E-state index contributed by atoms with van der Waals surface area (Å²) >= 11 is 0. The lowest BCUT2D eigenvalue weighted by Gasteiger charge is -2.37. The number of hydrogen-bond acceptors (Lipinski definition) is 2. The van der Waals surface area contributed by atoms with Gasteiger partial charge in [-0.3, -0.25) is 4.79 Å². The monoisotopic (exact) mass is 296 g/mol. The molecule has 2 amide bonds. The van der Waals surface area contributed by atoms with E-state index in [-0.39, 0.29) is 12.5 Å². The van der Waals surface area contributed by atoms with E-state index in [0.717, 1.165) is 31.7 Å². The van der Waals surface area contributed by atoms with Gasteiger partial charge >= 0.3 is 12.0 Å². The van der Waals surface area contributed by atoms with Gasteiger partial charge in [-0.25, -0.2) is 4.79 Å². The molecule has 0 aromatic heterocycles. The van der Waals surface area contributed by atoms with Gasteiger partial charge in [0.2, 0.25) is 0 Å². The SMILES string of the molecule is CC(CCNC(=O)N1CCCC2CCCC21)CCC(=O)O. The van der Waals surface area contributed by atoms with Crippen LogP contribution in [0.2, 0.25) is 0 Å². The molecule has 5 nitrogen and oxygen atoms in total. The van der Waals surface area contributed by atoms with Crippen LogP contribution in [0.1, 0.15) is 58.3 Å². The molecular weight excluding hydrogens is 268 g/mol. The predicted octanol–water partition coefficient (Wildman–Crippen LogP) is 2.85. The van der Waals surface area contributed by atoms with E-state index in [4.69, 9.17) is 5.11 Å². The van der Waals surface area contributed by atoms with Gasteiger partial charge in [-0.05, 0) is 50.4 Å². The molecule has 1 heterocycles. The van der Waals surface area contributed by atoms with Gasteiger partial charge in [-0.15, -0.1) is 0 Å². The fourth-order valence-corrected chi connectivity index (χ4v) is 3.75. The Morgan fingerprint density at radius 1 is 1.24 bits per heavy atom. The Morgan fingerprint density at radius 2 is 2.00 bits per heavy atom. The van der Waals surface area contributed by atoms with Crippen molar-refractivity contribution in [3.8, 4) is 0 Å². The summed E-state index contributed by atoms with van der Waals surface area (Å²) in [7, 11) is 0. The summed E-state index contributed by atoms with van der Waals surface area (Å²) in [5.74, 6) is 0.312. The molecular formula is C16H28N2O3. The van der Waals surface area contributed by atoms with Crippen LogP contribution in [0.5, 0.6) is 0 Å². The minimum Gasteiger partial charge on any atom is -0.481 e. The number of aliphatic carboxylic acids is 1. The van der Waals surface area contributed by atoms with E-state index < -0.39 is 5.97 Å². The molecule has 2 N–H and O–H groups in total. The molecule has 2 aliphatic rings. The fraction of sp³-hybridized carbons (Fsp3) is 0.875. The highest BCUT2D eigenvalue weighted by atomic mass is 16.4. The number of hydrogen-bond donors (Lipinski definition) is 2. The van der Waals surface area contributed by atoms with Gasteiger partial charge in [0.05, 0.1) is 0 Å². The number of fused-ring (bicyclic) bond motifs is 1. The Kier molecular flexibility index (Phi) is 5.88. The summed E-state index contributed by atoms with van der Waals surface area (Å²) in [4.78, 5) is 24.9. The lowest BCUT2D eigenvalue weighted by molar-refractivity contribution is -0.137. The molecule has 0 bridgehead atoms. The average molecular weight is 296 g/mol. The summed E-state index contributed by atoms with van der Waals surface area (Å²) < 4.78 is 0. The van der Waals surface area contributed by atoms with Gasteiger partial charge in [-0.2, -0.15) is 0 Å². The molecule has 1 aliphatic carbocycles. The third-order valence-corrected chi connectivity index (χ3v) is 5.02. The van der Waals surface area contributed by atoms with E-state index in [2.05, 4.69) is 5.32 Å². The lowest BCUT2D eigenvalue weighted by atomic mass is 9.92. The number of urea groups is 1. The number of likely N-dealkylation sites (tertiary alicyclic amines) is 1. The minimum absolute atomic E-state index is 0.0806. The quantitative estimate of drug-likeness (QED) is 0.792. The zero-order chi connectivity index (χ0) is 15.2. The zero-order valence-corrected chi connectivity index (χ0v) is 13.0. The second kappa shape index (κ2) is 7.66. The van der Waals surface area contributed by atoms with Crippen LogP contribution in [0.25, 0.3) is 0 Å². The summed E-state index contributed by atoms with van der Waals surface area (Å²) in [6.07, 6.45) is 7.84. The van der Waals surface area contributed by atoms with Crippen molar-refractivity contribution in [1.82, 2.24) is 10.2 Å². The van der Waals surface area contributed by atoms with Gasteiger partial charge in [0.1, 0.15) is 0 Å². The lowest BCUT2D eigenvalue weighted by Crippen LogP contribution is -2.50. The summed E-state index contributed by atoms with van der Waals surface area (Å²) in [5.41, 5.74) is 0. The van der Waals surface area contributed by atoms with E-state index in [0.29, 0.717) is 24.9 Å². The Bertz CT molecular complexity index is 373. The van der Waals surface area contributed by atoms with Crippen LogP contribution in [0, 0.1) is 11.8 Å². The highest BCUT2D eigenvalue weighted by Crippen LogP contribution is 2.36. The third-order valence-electron chi connectivity index (χ3n) is 5.02. The fourth-order valence-electron chi connectivity index (χ4n) is 3.75. The topological polar surface area (TPSA) is 69.6 Å². The van der Waals surface area contributed by atoms with Crippen molar-refractivity contribution in [3.63, 3.8) is 0 Å². The first-order valence-electron chi connectivity index (χ1n) is 8.34. The number of carbonyl (C=O) groups excluding carboxylic acids is 1. The van der Waals surface area contributed by atoms with Gasteiger partial charge in [-0.1, -0.05) is 13.3 Å². The molecule has 1 aliphatic heterocycles. The van der Waals surface area contributed by atoms with Crippen molar-refractivity contribution >= 4 is 12.0 Å². The van der Waals surface area contributed by atoms with E-state index in [1.165, 1.54) is 19.3 Å². The van der Waals surface area contributed by atoms with Crippen LogP contribution in [-0.4, -0.2) is 41.1 Å². The molecule has 1 saturated carbocycles. The Labute approximate surface area is 127 Å². The van der Waals surface area contributed by atoms with Gasteiger partial charge < -0.3 is 15.3 Å². The van der Waals surface area contributed by atoms with E-state index in [9.17, 15) is 9.59 Å². The molecule has 0 spiro atoms. The van der Waals surface area contributed by atoms with Crippen LogP contribution in [-0.2, 0) is 4.79 Å². The van der Waals surface area contributed by atoms with Gasteiger partial charge in [0.25, 0.3) is 0 Å². The molecule has 3 unspecified atom stereocenters. The molecule has 0 aromatic rings. The van der Waals surface area contributed by atoms with E-state index in [1.807, 2.05) is 11.8 Å². The maximum absolute atomic E-state index is 12.3. The minimum atomic E-state index is -0.744. The first kappa shape index (κ1) is 16.1. The number of rotatable bonds is 6. The molecule has 2 rings (SSSR count). The van der Waals surface area contributed by atoms with Crippen molar-refractivity contribution < 1.29 is 14.7 Å². The summed E-state index contributed by atoms with van der Waals surface area (Å²) in [6.45, 7) is 3.58. The summed E-state index contributed by atoms with van der Waals surface area (Å²) in [5, 5.41) is 11.7. The van der Waals surface area contributed by atoms with Crippen LogP contribution in [0.15, 0.2) is 0 Å². The molecule has 1 saturated heterocycles. The van der Waals surface area contributed by atoms with Crippen molar-refractivity contribution in [1.29, 1.82) is 0 Å². The van der Waals surface area contributed by atoms with Crippen molar-refractivity contribution in [2.24, 2.45) is 11.8 Å². The van der Waals surface area contributed by atoms with Gasteiger partial charge in [0, 0.05) is 25.6 Å². The normalized spacial score (nSPS) is 26.2. The largest absolute Gasteiger partial charge is 0.481 e. The molecule has 21 heavy (non-hydrogen) atoms. The van der Waals surface area contributed by atoms with E-state index >= 15 is 0 Å². The molecule has 120 valence electrons. The van der Waals surface area contributed by atoms with Gasteiger partial charge in [0.15, 0.2) is 0 Å². The smallest absolute Gasteiger partial charge is 0.317 e. The Balaban J connectivity index is 1.68. The zero-order valence-electron chi connectivity index (χ0n) is 13.0. The van der Waals surface area contributed by atoms with Crippen molar-refractivity contribution in [3.05, 3.63) is 0 Å². The second-order valence-electron chi connectivity index (χ2n) is 6.65. The number of piperidine rings is 1. The average Bonchev–Trinajstić information content (AvgIpc) is 2.93. The molecule has 2 fully saturated rings. The highest BCUT2D eigenvalue weighted by molar-refractivity contribution is 5.74. The first-order valence-corrected chi connectivity index (χ1v) is 8.34. The number of nitrogens with zero attached hydrogens (tertiary/aromatic N) is 1. The third kappa shape index (κ3) is 4.61. The summed E-state index contributed by atoms with van der Waals surface area (Å²) in [6, 6.07) is 0.542. The van der Waals surface area contributed by atoms with Crippen LogP contribution in [0.3, 0.4) is 0 Å². The number of carbonyl (C=O) groups is 2. The maximum atomic E-state index is 12.3. The maximum Gasteiger partial charge on any atom is 0.317 e. The van der Waals surface area contributed by atoms with E-state index in [1.54, 1.807) is 0 Å². The number of nitrogens with one attached hydrogen (secondary N) is 1. The second-order valence-corrected chi connectivity index (χ2v) is 6.65. The molecule has 3 atom stereocenters. The number of amides is 2. The molecule has 0 aromatic carbocycles. The van der Waals surface area contributed by atoms with Crippen LogP contribution >= 0.6 is 0 Å². The Hall–Kier alpha value is -1.26. The highest BCUT2D eigenvalue weighted by Gasteiger charge is 2.37. The van der Waals surface area contributed by atoms with Crippen molar-refractivity contribution in [2.75, 3.05) is 13.1 Å². The molecule has 5 heteroatoms. The standard InChI is InChI=1S/C16H28N2O3/c1-12(7-8-15(19)20)9-10-17-16(21)18-11-3-5-13-4-2-6-14(13)18/h12-14H,2-11H2,1H3,(H,17,21)(H,19,20). The van der Waals surface area contributed by atoms with Crippen LogP contribution in [0.4, 0.5) is 4.79 Å². The van der Waals surface area contributed by atoms with Crippen LogP contribution < -0.4 is 5.32 Å². The number of carboxylic acid groups (broad SMARTS) is 1. The van der Waals surface area contributed by atoms with Crippen molar-refractivity contribution in [2.45, 2.75) is 64.3 Å². The predicted molar refractivity (Wildman–Crippen MR) is 81.1 cm³/mol.